The third-order valence-corrected chi connectivity index (χ3v) is 4.22. The van der Waals surface area contributed by atoms with Gasteiger partial charge in [-0.25, -0.2) is 0 Å². The summed E-state index contributed by atoms with van der Waals surface area (Å²) in [4.78, 5) is 28.2. The number of amides is 2. The average molecular weight is 252 g/mol. The van der Waals surface area contributed by atoms with Gasteiger partial charge in [0.2, 0.25) is 11.8 Å². The molecule has 0 aliphatic carbocycles. The lowest BCUT2D eigenvalue weighted by molar-refractivity contribution is -0.140. The molecule has 4 nitrogen and oxygen atoms in total. The normalized spacial score (nSPS) is 26.2. The van der Waals surface area contributed by atoms with E-state index in [0.717, 1.165) is 38.6 Å². The molecule has 4 heteroatoms. The predicted octanol–water partition coefficient (Wildman–Crippen LogP) is 1.79. The molecule has 18 heavy (non-hydrogen) atoms. The van der Waals surface area contributed by atoms with Gasteiger partial charge in [0.15, 0.2) is 0 Å². The third-order valence-electron chi connectivity index (χ3n) is 4.22. The molecule has 0 aromatic carbocycles. The van der Waals surface area contributed by atoms with Crippen LogP contribution in [0.5, 0.6) is 0 Å². The van der Waals surface area contributed by atoms with E-state index in [-0.39, 0.29) is 23.9 Å². The standard InChI is InChI=1S/C14H24N2O2/c1-3-4-6-11(2)15-10-8-13(17)16-9-5-7-12(16)14(15)18/h11-12H,3-10H2,1-2H3. The largest absolute Gasteiger partial charge is 0.338 e. The zero-order chi connectivity index (χ0) is 13.1. The van der Waals surface area contributed by atoms with Gasteiger partial charge in [-0.15, -0.1) is 0 Å². The molecule has 2 fully saturated rings. The maximum Gasteiger partial charge on any atom is 0.245 e. The van der Waals surface area contributed by atoms with Crippen LogP contribution in [0.3, 0.4) is 0 Å². The van der Waals surface area contributed by atoms with Crippen molar-refractivity contribution in [3.05, 3.63) is 0 Å². The van der Waals surface area contributed by atoms with Crippen LogP contribution in [0.2, 0.25) is 0 Å². The van der Waals surface area contributed by atoms with Crippen LogP contribution in [-0.2, 0) is 9.59 Å². The second kappa shape index (κ2) is 5.72. The lowest BCUT2D eigenvalue weighted by Gasteiger charge is -2.30. The van der Waals surface area contributed by atoms with Crippen molar-refractivity contribution in [3.8, 4) is 0 Å². The molecule has 2 unspecified atom stereocenters. The van der Waals surface area contributed by atoms with Crippen LogP contribution in [-0.4, -0.2) is 46.8 Å². The van der Waals surface area contributed by atoms with Crippen LogP contribution in [0.4, 0.5) is 0 Å². The Morgan fingerprint density at radius 3 is 2.83 bits per heavy atom. The molecule has 2 aliphatic rings. The average Bonchev–Trinajstić information content (AvgIpc) is 2.81. The van der Waals surface area contributed by atoms with Gasteiger partial charge in [-0.05, 0) is 26.2 Å². The Labute approximate surface area is 109 Å². The molecule has 2 aliphatic heterocycles. The number of nitrogens with zero attached hydrogens (tertiary/aromatic N) is 2. The SMILES string of the molecule is CCCCC(C)N1CCC(=O)N2CCCC2C1=O. The van der Waals surface area contributed by atoms with Crippen LogP contribution in [0, 0.1) is 0 Å². The van der Waals surface area contributed by atoms with Gasteiger partial charge in [0.25, 0.3) is 0 Å². The Hall–Kier alpha value is -1.06. The minimum Gasteiger partial charge on any atom is -0.338 e. The molecule has 2 atom stereocenters. The van der Waals surface area contributed by atoms with Crippen molar-refractivity contribution >= 4 is 11.8 Å². The molecule has 0 saturated carbocycles. The molecule has 102 valence electrons. The number of carbonyl (C=O) groups excluding carboxylic acids is 2. The highest BCUT2D eigenvalue weighted by Crippen LogP contribution is 2.25. The number of rotatable bonds is 4. The first-order chi connectivity index (χ1) is 8.65. The molecule has 0 N–H and O–H groups in total. The van der Waals surface area contributed by atoms with Crippen molar-refractivity contribution in [1.29, 1.82) is 0 Å². The Morgan fingerprint density at radius 1 is 1.33 bits per heavy atom. The highest BCUT2D eigenvalue weighted by molar-refractivity contribution is 5.90. The van der Waals surface area contributed by atoms with Crippen molar-refractivity contribution in [3.63, 3.8) is 0 Å². The highest BCUT2D eigenvalue weighted by Gasteiger charge is 2.40. The second-order valence-corrected chi connectivity index (χ2v) is 5.52. The molecular formula is C14H24N2O2. The van der Waals surface area contributed by atoms with Crippen LogP contribution in [0.15, 0.2) is 0 Å². The lowest BCUT2D eigenvalue weighted by Crippen LogP contribution is -2.46. The number of fused-ring (bicyclic) bond motifs is 1. The van der Waals surface area contributed by atoms with E-state index in [1.165, 1.54) is 0 Å². The lowest BCUT2D eigenvalue weighted by atomic mass is 10.1. The minimum absolute atomic E-state index is 0.163. The summed E-state index contributed by atoms with van der Waals surface area (Å²) in [7, 11) is 0. The summed E-state index contributed by atoms with van der Waals surface area (Å²) >= 11 is 0. The van der Waals surface area contributed by atoms with E-state index in [1.807, 2.05) is 4.90 Å². The molecule has 0 aromatic heterocycles. The van der Waals surface area contributed by atoms with Gasteiger partial charge in [-0.3, -0.25) is 9.59 Å². The Kier molecular flexibility index (Phi) is 4.25. The van der Waals surface area contributed by atoms with E-state index >= 15 is 0 Å². The summed E-state index contributed by atoms with van der Waals surface area (Å²) in [6.45, 7) is 5.66. The Balaban J connectivity index is 2.07. The summed E-state index contributed by atoms with van der Waals surface area (Å²) in [5, 5.41) is 0. The Bertz CT molecular complexity index is 330. The zero-order valence-electron chi connectivity index (χ0n) is 11.5. The van der Waals surface area contributed by atoms with E-state index < -0.39 is 0 Å². The summed E-state index contributed by atoms with van der Waals surface area (Å²) in [6, 6.07) is 0.106. The van der Waals surface area contributed by atoms with Gasteiger partial charge < -0.3 is 9.80 Å². The van der Waals surface area contributed by atoms with Crippen molar-refractivity contribution in [2.75, 3.05) is 13.1 Å². The smallest absolute Gasteiger partial charge is 0.245 e. The number of hydrogen-bond acceptors (Lipinski definition) is 2. The van der Waals surface area contributed by atoms with Gasteiger partial charge in [0.05, 0.1) is 0 Å². The zero-order valence-corrected chi connectivity index (χ0v) is 11.5. The van der Waals surface area contributed by atoms with E-state index in [1.54, 1.807) is 4.90 Å². The molecular weight excluding hydrogens is 228 g/mol. The van der Waals surface area contributed by atoms with E-state index in [9.17, 15) is 9.59 Å². The summed E-state index contributed by atoms with van der Waals surface area (Å²) < 4.78 is 0. The maximum absolute atomic E-state index is 12.5. The van der Waals surface area contributed by atoms with Crippen molar-refractivity contribution in [2.45, 2.75) is 64.5 Å². The molecule has 0 aromatic rings. The monoisotopic (exact) mass is 252 g/mol. The quantitative estimate of drug-likeness (QED) is 0.765. The molecule has 0 radical (unpaired) electrons. The number of hydrogen-bond donors (Lipinski definition) is 0. The molecule has 2 heterocycles. The molecule has 2 amide bonds. The number of carbonyl (C=O) groups is 2. The minimum atomic E-state index is -0.163. The fraction of sp³-hybridized carbons (Fsp3) is 0.857. The van der Waals surface area contributed by atoms with Crippen LogP contribution >= 0.6 is 0 Å². The topological polar surface area (TPSA) is 40.6 Å². The molecule has 2 rings (SSSR count). The maximum atomic E-state index is 12.5. The highest BCUT2D eigenvalue weighted by atomic mass is 16.2. The first kappa shape index (κ1) is 13.4. The fourth-order valence-corrected chi connectivity index (χ4v) is 3.08. The molecule has 2 saturated heterocycles. The molecule has 0 bridgehead atoms. The molecule has 0 spiro atoms. The van der Waals surface area contributed by atoms with Gasteiger partial charge in [-0.2, -0.15) is 0 Å². The van der Waals surface area contributed by atoms with E-state index in [2.05, 4.69) is 13.8 Å². The first-order valence-corrected chi connectivity index (χ1v) is 7.25. The predicted molar refractivity (Wildman–Crippen MR) is 70.1 cm³/mol. The van der Waals surface area contributed by atoms with E-state index in [0.29, 0.717) is 13.0 Å². The van der Waals surface area contributed by atoms with Gasteiger partial charge >= 0.3 is 0 Å². The van der Waals surface area contributed by atoms with E-state index in [4.69, 9.17) is 0 Å². The summed E-state index contributed by atoms with van der Waals surface area (Å²) in [6.07, 6.45) is 5.66. The van der Waals surface area contributed by atoms with Crippen LogP contribution < -0.4 is 0 Å². The fourth-order valence-electron chi connectivity index (χ4n) is 3.08. The summed E-state index contributed by atoms with van der Waals surface area (Å²) in [5.41, 5.74) is 0. The summed E-state index contributed by atoms with van der Waals surface area (Å²) in [5.74, 6) is 0.345. The third kappa shape index (κ3) is 2.52. The van der Waals surface area contributed by atoms with Crippen molar-refractivity contribution < 1.29 is 9.59 Å². The van der Waals surface area contributed by atoms with Crippen LogP contribution in [0.1, 0.15) is 52.4 Å². The second-order valence-electron chi connectivity index (χ2n) is 5.52. The van der Waals surface area contributed by atoms with Gasteiger partial charge in [-0.1, -0.05) is 19.8 Å². The van der Waals surface area contributed by atoms with Crippen LogP contribution in [0.25, 0.3) is 0 Å². The Morgan fingerprint density at radius 2 is 2.11 bits per heavy atom. The van der Waals surface area contributed by atoms with Crippen molar-refractivity contribution in [1.82, 2.24) is 9.80 Å². The van der Waals surface area contributed by atoms with Crippen molar-refractivity contribution in [2.24, 2.45) is 0 Å². The van der Waals surface area contributed by atoms with Gasteiger partial charge in [0.1, 0.15) is 6.04 Å². The van der Waals surface area contributed by atoms with Gasteiger partial charge in [0, 0.05) is 25.6 Å². The number of unbranched alkanes of at least 4 members (excludes halogenated alkanes) is 1. The first-order valence-electron chi connectivity index (χ1n) is 7.25.